The molecule has 1 heterocycles. The number of nitrogens with one attached hydrogen (secondary N) is 1. The van der Waals surface area contributed by atoms with Crippen LogP contribution in [0.2, 0.25) is 10.0 Å². The second-order valence-electron chi connectivity index (χ2n) is 5.00. The van der Waals surface area contributed by atoms with Crippen molar-refractivity contribution in [2.24, 2.45) is 0 Å². The van der Waals surface area contributed by atoms with E-state index in [9.17, 15) is 9.18 Å². The van der Waals surface area contributed by atoms with E-state index in [2.05, 4.69) is 10.3 Å². The van der Waals surface area contributed by atoms with Crippen LogP contribution in [0.3, 0.4) is 0 Å². The molecule has 0 aliphatic carbocycles. The lowest BCUT2D eigenvalue weighted by molar-refractivity contribution is -0.111. The largest absolute Gasteiger partial charge is 0.298 e. The standard InChI is InChI=1S/C18H11Cl2FN2OS/c19-12-6-4-11(5-7-12)16-10-25-18(22-16)23-17(24)9-8-13-14(20)2-1-3-15(13)21/h1-10H,(H,22,23,24). The van der Waals surface area contributed by atoms with Crippen molar-refractivity contribution in [1.82, 2.24) is 4.98 Å². The van der Waals surface area contributed by atoms with E-state index in [0.717, 1.165) is 11.3 Å². The number of aromatic nitrogens is 1. The van der Waals surface area contributed by atoms with Crippen LogP contribution >= 0.6 is 34.5 Å². The monoisotopic (exact) mass is 392 g/mol. The Morgan fingerprint density at radius 3 is 2.64 bits per heavy atom. The van der Waals surface area contributed by atoms with Crippen molar-refractivity contribution in [2.45, 2.75) is 0 Å². The third-order valence-electron chi connectivity index (χ3n) is 3.28. The fourth-order valence-corrected chi connectivity index (χ4v) is 3.14. The smallest absolute Gasteiger partial charge is 0.250 e. The predicted octanol–water partition coefficient (Wildman–Crippen LogP) is 5.91. The molecule has 3 aromatic rings. The molecule has 1 aromatic heterocycles. The van der Waals surface area contributed by atoms with Crippen LogP contribution in [0.15, 0.2) is 53.9 Å². The third-order valence-corrected chi connectivity index (χ3v) is 4.61. The average Bonchev–Trinajstić information content (AvgIpc) is 3.03. The van der Waals surface area contributed by atoms with Crippen LogP contribution in [0.5, 0.6) is 0 Å². The van der Waals surface area contributed by atoms with Crippen LogP contribution in [-0.2, 0) is 4.79 Å². The second-order valence-corrected chi connectivity index (χ2v) is 6.70. The quantitative estimate of drug-likeness (QED) is 0.560. The number of carbonyl (C=O) groups is 1. The molecule has 3 rings (SSSR count). The van der Waals surface area contributed by atoms with Crippen molar-refractivity contribution in [3.63, 3.8) is 0 Å². The highest BCUT2D eigenvalue weighted by Gasteiger charge is 2.08. The molecule has 0 atom stereocenters. The molecule has 1 N–H and O–H groups in total. The van der Waals surface area contributed by atoms with Gasteiger partial charge in [0.15, 0.2) is 5.13 Å². The van der Waals surface area contributed by atoms with Gasteiger partial charge in [-0.3, -0.25) is 10.1 Å². The van der Waals surface area contributed by atoms with E-state index in [4.69, 9.17) is 23.2 Å². The zero-order chi connectivity index (χ0) is 17.8. The summed E-state index contributed by atoms with van der Waals surface area (Å²) in [6, 6.07) is 11.6. The zero-order valence-corrected chi connectivity index (χ0v) is 15.0. The molecular weight excluding hydrogens is 382 g/mol. The van der Waals surface area contributed by atoms with Gasteiger partial charge >= 0.3 is 0 Å². The molecule has 0 unspecified atom stereocenters. The highest BCUT2D eigenvalue weighted by atomic mass is 35.5. The van der Waals surface area contributed by atoms with Crippen LogP contribution in [0.1, 0.15) is 5.56 Å². The first-order chi connectivity index (χ1) is 12.0. The molecule has 2 aromatic carbocycles. The molecule has 3 nitrogen and oxygen atoms in total. The van der Waals surface area contributed by atoms with E-state index in [1.807, 2.05) is 17.5 Å². The number of halogens is 3. The molecule has 0 aliphatic rings. The summed E-state index contributed by atoms with van der Waals surface area (Å²) in [6.07, 6.45) is 2.55. The number of amides is 1. The molecule has 126 valence electrons. The summed E-state index contributed by atoms with van der Waals surface area (Å²) in [5.74, 6) is -0.910. The fraction of sp³-hybridized carbons (Fsp3) is 0. The molecule has 0 saturated carbocycles. The number of rotatable bonds is 4. The number of anilines is 1. The number of hydrogen-bond acceptors (Lipinski definition) is 3. The molecule has 0 fully saturated rings. The Bertz CT molecular complexity index is 918. The molecule has 0 bridgehead atoms. The van der Waals surface area contributed by atoms with Gasteiger partial charge in [0.2, 0.25) is 5.91 Å². The first kappa shape index (κ1) is 17.6. The van der Waals surface area contributed by atoms with Gasteiger partial charge in [-0.05, 0) is 30.3 Å². The Kier molecular flexibility index (Phi) is 5.48. The van der Waals surface area contributed by atoms with Gasteiger partial charge in [0.1, 0.15) is 5.82 Å². The van der Waals surface area contributed by atoms with Crippen molar-refractivity contribution in [1.29, 1.82) is 0 Å². The number of benzene rings is 2. The Morgan fingerprint density at radius 1 is 1.16 bits per heavy atom. The normalized spacial score (nSPS) is 11.0. The maximum Gasteiger partial charge on any atom is 0.250 e. The molecule has 25 heavy (non-hydrogen) atoms. The van der Waals surface area contributed by atoms with Gasteiger partial charge < -0.3 is 0 Å². The van der Waals surface area contributed by atoms with Gasteiger partial charge in [-0.25, -0.2) is 9.37 Å². The first-order valence-corrected chi connectivity index (χ1v) is 8.81. The van der Waals surface area contributed by atoms with Crippen LogP contribution in [0.4, 0.5) is 9.52 Å². The van der Waals surface area contributed by atoms with Crippen molar-refractivity contribution in [2.75, 3.05) is 5.32 Å². The lowest BCUT2D eigenvalue weighted by atomic mass is 10.2. The van der Waals surface area contributed by atoms with E-state index >= 15 is 0 Å². The summed E-state index contributed by atoms with van der Waals surface area (Å²) < 4.78 is 13.7. The molecule has 1 amide bonds. The molecule has 0 spiro atoms. The van der Waals surface area contributed by atoms with Gasteiger partial charge in [0.25, 0.3) is 0 Å². The summed E-state index contributed by atoms with van der Waals surface area (Å²) >= 11 is 13.1. The van der Waals surface area contributed by atoms with E-state index < -0.39 is 11.7 Å². The Hall–Kier alpha value is -2.21. The molecule has 0 aliphatic heterocycles. The summed E-state index contributed by atoms with van der Waals surface area (Å²) in [4.78, 5) is 16.3. The summed E-state index contributed by atoms with van der Waals surface area (Å²) in [5.41, 5.74) is 1.80. The van der Waals surface area contributed by atoms with Crippen LogP contribution in [0, 0.1) is 5.82 Å². The Labute approximate surface area is 157 Å². The van der Waals surface area contributed by atoms with Crippen molar-refractivity contribution >= 4 is 51.7 Å². The number of thiazole rings is 1. The predicted molar refractivity (Wildman–Crippen MR) is 102 cm³/mol. The summed E-state index contributed by atoms with van der Waals surface area (Å²) in [5, 5.41) is 5.80. The molecule has 0 radical (unpaired) electrons. The van der Waals surface area contributed by atoms with Gasteiger partial charge in [0.05, 0.1) is 10.7 Å². The third kappa shape index (κ3) is 4.45. The van der Waals surface area contributed by atoms with E-state index in [1.54, 1.807) is 18.2 Å². The lowest BCUT2D eigenvalue weighted by Crippen LogP contribution is -2.07. The minimum Gasteiger partial charge on any atom is -0.298 e. The van der Waals surface area contributed by atoms with Gasteiger partial charge in [-0.1, -0.05) is 41.4 Å². The number of carbonyl (C=O) groups excluding carboxylic acids is 1. The van der Waals surface area contributed by atoms with Crippen LogP contribution in [0.25, 0.3) is 17.3 Å². The average molecular weight is 393 g/mol. The summed E-state index contributed by atoms with van der Waals surface area (Å²) in [7, 11) is 0. The van der Waals surface area contributed by atoms with Crippen LogP contribution in [-0.4, -0.2) is 10.9 Å². The lowest BCUT2D eigenvalue weighted by Gasteiger charge is -2.00. The molecule has 0 saturated heterocycles. The fourth-order valence-electron chi connectivity index (χ4n) is 2.06. The number of nitrogens with zero attached hydrogens (tertiary/aromatic N) is 1. The van der Waals surface area contributed by atoms with E-state index in [-0.39, 0.29) is 10.6 Å². The summed E-state index contributed by atoms with van der Waals surface area (Å²) in [6.45, 7) is 0. The van der Waals surface area contributed by atoms with Gasteiger partial charge in [0, 0.05) is 27.6 Å². The van der Waals surface area contributed by atoms with E-state index in [0.29, 0.717) is 10.2 Å². The van der Waals surface area contributed by atoms with Crippen molar-refractivity contribution in [3.8, 4) is 11.3 Å². The minimum atomic E-state index is -0.490. The Balaban J connectivity index is 1.69. The van der Waals surface area contributed by atoms with Crippen molar-refractivity contribution in [3.05, 3.63) is 75.3 Å². The minimum absolute atomic E-state index is 0.167. The first-order valence-electron chi connectivity index (χ1n) is 7.17. The highest BCUT2D eigenvalue weighted by molar-refractivity contribution is 7.14. The topological polar surface area (TPSA) is 42.0 Å². The molecular formula is C18H11Cl2FN2OS. The second kappa shape index (κ2) is 7.78. The van der Waals surface area contributed by atoms with E-state index in [1.165, 1.54) is 35.6 Å². The van der Waals surface area contributed by atoms with Gasteiger partial charge in [-0.15, -0.1) is 11.3 Å². The molecule has 7 heteroatoms. The maximum atomic E-state index is 13.7. The van der Waals surface area contributed by atoms with Crippen LogP contribution < -0.4 is 5.32 Å². The zero-order valence-electron chi connectivity index (χ0n) is 12.7. The Morgan fingerprint density at radius 2 is 1.92 bits per heavy atom. The number of hydrogen-bond donors (Lipinski definition) is 1. The SMILES string of the molecule is O=C(C=Cc1c(F)cccc1Cl)Nc1nc(-c2ccc(Cl)cc2)cs1. The van der Waals surface area contributed by atoms with Crippen molar-refractivity contribution < 1.29 is 9.18 Å². The maximum absolute atomic E-state index is 13.7. The van der Waals surface area contributed by atoms with Gasteiger partial charge in [-0.2, -0.15) is 0 Å². The highest BCUT2D eigenvalue weighted by Crippen LogP contribution is 2.26.